The number of rotatable bonds is 4. The number of carboxylic acid groups (broad SMARTS) is 1. The summed E-state index contributed by atoms with van der Waals surface area (Å²) in [6.07, 6.45) is 4.19. The van der Waals surface area contributed by atoms with Crippen LogP contribution in [0.3, 0.4) is 0 Å². The van der Waals surface area contributed by atoms with E-state index in [-0.39, 0.29) is 24.0 Å². The maximum absolute atomic E-state index is 11.1. The highest BCUT2D eigenvalue weighted by Gasteiger charge is 2.51. The van der Waals surface area contributed by atoms with E-state index in [1.165, 1.54) is 6.42 Å². The van der Waals surface area contributed by atoms with E-state index in [9.17, 15) is 9.90 Å². The van der Waals surface area contributed by atoms with Crippen LogP contribution in [0.15, 0.2) is 0 Å². The van der Waals surface area contributed by atoms with Crippen molar-refractivity contribution in [1.29, 1.82) is 0 Å². The lowest BCUT2D eigenvalue weighted by Crippen LogP contribution is -2.42. The van der Waals surface area contributed by atoms with Crippen LogP contribution in [0.5, 0.6) is 0 Å². The topological polar surface area (TPSA) is 60.8 Å². The van der Waals surface area contributed by atoms with Gasteiger partial charge < -0.3 is 10.2 Å². The Morgan fingerprint density at radius 2 is 2.25 bits per heavy atom. The normalized spacial score (nSPS) is 30.2. The van der Waals surface area contributed by atoms with Crippen molar-refractivity contribution in [2.75, 3.05) is 19.7 Å². The van der Waals surface area contributed by atoms with Crippen molar-refractivity contribution in [3.05, 3.63) is 0 Å². The Balaban J connectivity index is 2.07. The van der Waals surface area contributed by atoms with Gasteiger partial charge in [-0.25, -0.2) is 0 Å². The lowest BCUT2D eigenvalue weighted by Gasteiger charge is -2.42. The van der Waals surface area contributed by atoms with Gasteiger partial charge in [-0.1, -0.05) is 13.3 Å². The molecule has 1 aliphatic heterocycles. The molecule has 2 N–H and O–H groups in total. The van der Waals surface area contributed by atoms with Crippen LogP contribution in [0.25, 0.3) is 0 Å². The molecule has 0 radical (unpaired) electrons. The highest BCUT2D eigenvalue weighted by atomic mass is 16.4. The predicted molar refractivity (Wildman–Crippen MR) is 60.1 cm³/mol. The molecule has 0 aromatic heterocycles. The van der Waals surface area contributed by atoms with Gasteiger partial charge in [0.25, 0.3) is 0 Å². The SMILES string of the molecule is CC[C@H](C(=O)O)N1C[C@H](CO)C2(CCC2)C1. The van der Waals surface area contributed by atoms with E-state index in [4.69, 9.17) is 5.11 Å². The summed E-state index contributed by atoms with van der Waals surface area (Å²) in [5.74, 6) is -0.440. The molecule has 0 aromatic carbocycles. The molecule has 0 unspecified atom stereocenters. The van der Waals surface area contributed by atoms with Gasteiger partial charge in [0.1, 0.15) is 6.04 Å². The van der Waals surface area contributed by atoms with Gasteiger partial charge in [-0.05, 0) is 24.7 Å². The van der Waals surface area contributed by atoms with E-state index in [1.54, 1.807) is 0 Å². The van der Waals surface area contributed by atoms with E-state index in [0.29, 0.717) is 6.42 Å². The fraction of sp³-hybridized carbons (Fsp3) is 0.917. The van der Waals surface area contributed by atoms with Crippen molar-refractivity contribution in [2.24, 2.45) is 11.3 Å². The zero-order chi connectivity index (χ0) is 11.8. The summed E-state index contributed by atoms with van der Waals surface area (Å²) in [6.45, 7) is 3.73. The number of aliphatic carboxylic acids is 1. The lowest BCUT2D eigenvalue weighted by molar-refractivity contribution is -0.143. The zero-order valence-corrected chi connectivity index (χ0v) is 9.85. The van der Waals surface area contributed by atoms with Gasteiger partial charge in [-0.3, -0.25) is 9.69 Å². The molecule has 1 saturated heterocycles. The number of hydrogen-bond acceptors (Lipinski definition) is 3. The Morgan fingerprint density at radius 1 is 1.56 bits per heavy atom. The molecule has 0 amide bonds. The molecule has 1 spiro atoms. The van der Waals surface area contributed by atoms with Crippen LogP contribution in [-0.4, -0.2) is 46.8 Å². The van der Waals surface area contributed by atoms with Crippen molar-refractivity contribution in [3.8, 4) is 0 Å². The number of hydrogen-bond donors (Lipinski definition) is 2. The molecular formula is C12H21NO3. The van der Waals surface area contributed by atoms with E-state index in [2.05, 4.69) is 4.90 Å². The van der Waals surface area contributed by atoms with Crippen LogP contribution >= 0.6 is 0 Å². The van der Waals surface area contributed by atoms with Crippen LogP contribution in [0.2, 0.25) is 0 Å². The van der Waals surface area contributed by atoms with Gasteiger partial charge in [-0.15, -0.1) is 0 Å². The number of aliphatic hydroxyl groups is 1. The first-order valence-corrected chi connectivity index (χ1v) is 6.20. The largest absolute Gasteiger partial charge is 0.480 e. The third-order valence-corrected chi connectivity index (χ3v) is 4.52. The standard InChI is InChI=1S/C12H21NO3/c1-2-10(11(15)16)13-6-9(7-14)12(8-13)4-3-5-12/h9-10,14H,2-8H2,1H3,(H,15,16)/t9-,10-/m1/s1. The first-order chi connectivity index (χ1) is 7.63. The number of carboxylic acids is 1. The third-order valence-electron chi connectivity index (χ3n) is 4.52. The van der Waals surface area contributed by atoms with Gasteiger partial charge in [-0.2, -0.15) is 0 Å². The molecule has 92 valence electrons. The molecular weight excluding hydrogens is 206 g/mol. The number of carbonyl (C=O) groups is 1. The molecule has 1 heterocycles. The van der Waals surface area contributed by atoms with Crippen LogP contribution in [0.4, 0.5) is 0 Å². The molecule has 2 aliphatic rings. The summed E-state index contributed by atoms with van der Waals surface area (Å²) in [5.41, 5.74) is 0.234. The van der Waals surface area contributed by atoms with Gasteiger partial charge >= 0.3 is 5.97 Å². The minimum atomic E-state index is -0.726. The van der Waals surface area contributed by atoms with Crippen molar-refractivity contribution >= 4 is 5.97 Å². The third kappa shape index (κ3) is 1.74. The smallest absolute Gasteiger partial charge is 0.320 e. The molecule has 2 atom stereocenters. The molecule has 16 heavy (non-hydrogen) atoms. The van der Waals surface area contributed by atoms with Crippen LogP contribution in [0, 0.1) is 11.3 Å². The Hall–Kier alpha value is -0.610. The Morgan fingerprint density at radius 3 is 2.56 bits per heavy atom. The second-order valence-corrected chi connectivity index (χ2v) is 5.29. The summed E-state index contributed by atoms with van der Waals surface area (Å²) < 4.78 is 0. The first kappa shape index (κ1) is 11.9. The zero-order valence-electron chi connectivity index (χ0n) is 9.85. The van der Waals surface area contributed by atoms with Crippen LogP contribution in [0.1, 0.15) is 32.6 Å². The highest BCUT2D eigenvalue weighted by molar-refractivity contribution is 5.73. The van der Waals surface area contributed by atoms with Crippen molar-refractivity contribution in [1.82, 2.24) is 4.90 Å². The minimum absolute atomic E-state index is 0.201. The number of nitrogens with zero attached hydrogens (tertiary/aromatic N) is 1. The quantitative estimate of drug-likeness (QED) is 0.750. The molecule has 2 fully saturated rings. The Kier molecular flexibility index (Phi) is 3.22. The molecule has 1 saturated carbocycles. The molecule has 2 rings (SSSR count). The maximum atomic E-state index is 11.1. The van der Waals surface area contributed by atoms with Crippen molar-refractivity contribution in [3.63, 3.8) is 0 Å². The van der Waals surface area contributed by atoms with Gasteiger partial charge in [0, 0.05) is 25.6 Å². The van der Waals surface area contributed by atoms with E-state index >= 15 is 0 Å². The van der Waals surface area contributed by atoms with Gasteiger partial charge in [0.15, 0.2) is 0 Å². The van der Waals surface area contributed by atoms with E-state index in [0.717, 1.165) is 25.9 Å². The predicted octanol–water partition coefficient (Wildman–Crippen LogP) is 0.944. The summed E-state index contributed by atoms with van der Waals surface area (Å²) in [4.78, 5) is 13.2. The van der Waals surface area contributed by atoms with Crippen LogP contribution < -0.4 is 0 Å². The highest BCUT2D eigenvalue weighted by Crippen LogP contribution is 2.51. The van der Waals surface area contributed by atoms with Gasteiger partial charge in [0.05, 0.1) is 0 Å². The number of likely N-dealkylation sites (tertiary alicyclic amines) is 1. The fourth-order valence-electron chi connectivity index (χ4n) is 3.35. The second-order valence-electron chi connectivity index (χ2n) is 5.29. The number of aliphatic hydroxyl groups excluding tert-OH is 1. The minimum Gasteiger partial charge on any atom is -0.480 e. The van der Waals surface area contributed by atoms with Crippen molar-refractivity contribution in [2.45, 2.75) is 38.6 Å². The first-order valence-electron chi connectivity index (χ1n) is 6.20. The summed E-state index contributed by atoms with van der Waals surface area (Å²) in [7, 11) is 0. The lowest BCUT2D eigenvalue weighted by atomic mass is 9.63. The molecule has 4 heteroatoms. The molecule has 0 bridgehead atoms. The average Bonchev–Trinajstić information content (AvgIpc) is 2.57. The van der Waals surface area contributed by atoms with E-state index in [1.807, 2.05) is 6.92 Å². The maximum Gasteiger partial charge on any atom is 0.320 e. The summed E-state index contributed by atoms with van der Waals surface area (Å²) >= 11 is 0. The summed E-state index contributed by atoms with van der Waals surface area (Å²) in [6, 6.07) is -0.367. The van der Waals surface area contributed by atoms with Crippen molar-refractivity contribution < 1.29 is 15.0 Å². The fourth-order valence-corrected chi connectivity index (χ4v) is 3.35. The van der Waals surface area contributed by atoms with Gasteiger partial charge in [0.2, 0.25) is 0 Å². The second kappa shape index (κ2) is 4.34. The Labute approximate surface area is 96.3 Å². The molecule has 4 nitrogen and oxygen atoms in total. The molecule has 0 aromatic rings. The average molecular weight is 227 g/mol. The van der Waals surface area contributed by atoms with E-state index < -0.39 is 5.97 Å². The van der Waals surface area contributed by atoms with Crippen LogP contribution in [-0.2, 0) is 4.79 Å². The molecule has 1 aliphatic carbocycles. The summed E-state index contributed by atoms with van der Waals surface area (Å²) in [5, 5.41) is 18.6. The Bertz CT molecular complexity index is 275. The monoisotopic (exact) mass is 227 g/mol.